The van der Waals surface area contributed by atoms with Crippen LogP contribution in [0.1, 0.15) is 45.3 Å². The van der Waals surface area contributed by atoms with E-state index in [0.29, 0.717) is 19.0 Å². The van der Waals surface area contributed by atoms with E-state index in [1.165, 1.54) is 0 Å². The summed E-state index contributed by atoms with van der Waals surface area (Å²) in [5, 5.41) is 13.6. The number of aliphatic carboxylic acids is 1. The van der Waals surface area contributed by atoms with Crippen LogP contribution < -0.4 is 0 Å². The second kappa shape index (κ2) is 6.54. The first-order chi connectivity index (χ1) is 8.49. The van der Waals surface area contributed by atoms with E-state index in [2.05, 4.69) is 18.9 Å². The van der Waals surface area contributed by atoms with Crippen LogP contribution in [0.2, 0.25) is 0 Å². The van der Waals surface area contributed by atoms with Gasteiger partial charge in [0, 0.05) is 18.8 Å². The first-order valence-electron chi connectivity index (χ1n) is 6.46. The first-order valence-corrected chi connectivity index (χ1v) is 6.46. The van der Waals surface area contributed by atoms with Crippen LogP contribution in [0.4, 0.5) is 0 Å². The van der Waals surface area contributed by atoms with Crippen LogP contribution in [0, 0.1) is 0 Å². The summed E-state index contributed by atoms with van der Waals surface area (Å²) in [6, 6.07) is 1.89. The molecule has 0 saturated heterocycles. The van der Waals surface area contributed by atoms with Crippen molar-refractivity contribution >= 4 is 5.97 Å². The first kappa shape index (κ1) is 14.7. The number of likely N-dealkylation sites (N-methyl/N-ethyl adjacent to an activating group) is 1. The molecule has 0 spiro atoms. The molecule has 0 aliphatic rings. The minimum Gasteiger partial charge on any atom is -0.480 e. The molecule has 0 amide bonds. The summed E-state index contributed by atoms with van der Waals surface area (Å²) in [6.45, 7) is 6.68. The Morgan fingerprint density at radius 1 is 1.50 bits per heavy atom. The fraction of sp³-hybridized carbons (Fsp3) is 0.692. The Hall–Kier alpha value is -1.36. The van der Waals surface area contributed by atoms with Gasteiger partial charge in [0.1, 0.15) is 6.04 Å². The van der Waals surface area contributed by atoms with Gasteiger partial charge in [-0.25, -0.2) is 0 Å². The highest BCUT2D eigenvalue weighted by Gasteiger charge is 2.21. The van der Waals surface area contributed by atoms with Crippen molar-refractivity contribution in [1.82, 2.24) is 14.7 Å². The van der Waals surface area contributed by atoms with E-state index in [4.69, 9.17) is 5.11 Å². The fourth-order valence-electron chi connectivity index (χ4n) is 1.93. The molecule has 0 radical (unpaired) electrons. The summed E-state index contributed by atoms with van der Waals surface area (Å²) in [5.74, 6) is -0.777. The summed E-state index contributed by atoms with van der Waals surface area (Å²) < 4.78 is 1.94. The molecule has 0 aliphatic carbocycles. The molecule has 2 atom stereocenters. The zero-order valence-corrected chi connectivity index (χ0v) is 11.6. The largest absolute Gasteiger partial charge is 0.480 e. The average Bonchev–Trinajstić information content (AvgIpc) is 2.76. The molecule has 1 N–H and O–H groups in total. The summed E-state index contributed by atoms with van der Waals surface area (Å²) in [7, 11) is 1.82. The predicted molar refractivity (Wildman–Crippen MR) is 70.4 cm³/mol. The van der Waals surface area contributed by atoms with Crippen molar-refractivity contribution < 1.29 is 9.90 Å². The smallest absolute Gasteiger partial charge is 0.320 e. The number of nitrogens with zero attached hydrogens (tertiary/aromatic N) is 3. The molecule has 1 aromatic heterocycles. The van der Waals surface area contributed by atoms with Crippen molar-refractivity contribution in [3.8, 4) is 0 Å². The van der Waals surface area contributed by atoms with E-state index >= 15 is 0 Å². The zero-order valence-electron chi connectivity index (χ0n) is 11.6. The second-order valence-corrected chi connectivity index (χ2v) is 4.72. The highest BCUT2D eigenvalue weighted by molar-refractivity contribution is 5.73. The van der Waals surface area contributed by atoms with Gasteiger partial charge >= 0.3 is 5.97 Å². The van der Waals surface area contributed by atoms with Gasteiger partial charge in [-0.05, 0) is 32.9 Å². The van der Waals surface area contributed by atoms with E-state index in [1.54, 1.807) is 0 Å². The number of hydrogen-bond acceptors (Lipinski definition) is 3. The van der Waals surface area contributed by atoms with Gasteiger partial charge in [0.15, 0.2) is 0 Å². The van der Waals surface area contributed by atoms with Crippen molar-refractivity contribution in [2.45, 2.75) is 52.2 Å². The number of rotatable bonds is 7. The quantitative estimate of drug-likeness (QED) is 0.809. The van der Waals surface area contributed by atoms with Crippen molar-refractivity contribution in [3.63, 3.8) is 0 Å². The van der Waals surface area contributed by atoms with E-state index in [0.717, 1.165) is 12.1 Å². The van der Waals surface area contributed by atoms with Gasteiger partial charge in [-0.2, -0.15) is 5.10 Å². The number of carboxylic acids is 1. The monoisotopic (exact) mass is 253 g/mol. The minimum absolute atomic E-state index is 0.380. The average molecular weight is 253 g/mol. The van der Waals surface area contributed by atoms with E-state index < -0.39 is 12.0 Å². The molecule has 0 saturated carbocycles. The van der Waals surface area contributed by atoms with Crippen molar-refractivity contribution in [3.05, 3.63) is 18.0 Å². The standard InChI is InChI=1S/C13H23N3O2/c1-5-10(3)16-8-7-11(14-16)9-15(4)12(6-2)13(17)18/h7-8,10,12H,5-6,9H2,1-4H3,(H,17,18). The maximum atomic E-state index is 11.1. The lowest BCUT2D eigenvalue weighted by Gasteiger charge is -2.22. The van der Waals surface area contributed by atoms with Gasteiger partial charge in [0.05, 0.1) is 5.69 Å². The van der Waals surface area contributed by atoms with E-state index in [1.807, 2.05) is 35.8 Å². The lowest BCUT2D eigenvalue weighted by atomic mass is 10.2. The van der Waals surface area contributed by atoms with E-state index in [9.17, 15) is 4.79 Å². The molecule has 0 fully saturated rings. The molecular formula is C13H23N3O2. The Balaban J connectivity index is 2.67. The van der Waals surface area contributed by atoms with Gasteiger partial charge in [0.25, 0.3) is 0 Å². The highest BCUT2D eigenvalue weighted by Crippen LogP contribution is 2.12. The van der Waals surface area contributed by atoms with Gasteiger partial charge in [-0.15, -0.1) is 0 Å². The summed E-state index contributed by atoms with van der Waals surface area (Å²) in [4.78, 5) is 12.9. The number of hydrogen-bond donors (Lipinski definition) is 1. The molecular weight excluding hydrogens is 230 g/mol. The van der Waals surface area contributed by atoms with Gasteiger partial charge in [-0.3, -0.25) is 14.4 Å². The van der Waals surface area contributed by atoms with Gasteiger partial charge in [-0.1, -0.05) is 13.8 Å². The fourth-order valence-corrected chi connectivity index (χ4v) is 1.93. The van der Waals surface area contributed by atoms with Crippen LogP contribution in [-0.2, 0) is 11.3 Å². The Morgan fingerprint density at radius 3 is 2.67 bits per heavy atom. The van der Waals surface area contributed by atoms with Crippen LogP contribution in [-0.4, -0.2) is 38.8 Å². The lowest BCUT2D eigenvalue weighted by Crippen LogP contribution is -2.37. The molecule has 0 aromatic carbocycles. The van der Waals surface area contributed by atoms with Crippen LogP contribution in [0.15, 0.2) is 12.3 Å². The predicted octanol–water partition coefficient (Wildman–Crippen LogP) is 2.15. The van der Waals surface area contributed by atoms with Crippen molar-refractivity contribution in [1.29, 1.82) is 0 Å². The summed E-state index contributed by atoms with van der Waals surface area (Å²) in [5.41, 5.74) is 0.914. The Bertz CT molecular complexity index is 389. The maximum absolute atomic E-state index is 11.1. The zero-order chi connectivity index (χ0) is 13.7. The van der Waals surface area contributed by atoms with Gasteiger partial charge < -0.3 is 5.11 Å². The third-order valence-electron chi connectivity index (χ3n) is 3.32. The SMILES string of the molecule is CCC(C(=O)O)N(C)Cc1ccn(C(C)CC)n1. The van der Waals surface area contributed by atoms with Crippen molar-refractivity contribution in [2.24, 2.45) is 0 Å². The highest BCUT2D eigenvalue weighted by atomic mass is 16.4. The number of carbonyl (C=O) groups is 1. The molecule has 18 heavy (non-hydrogen) atoms. The number of carboxylic acid groups (broad SMARTS) is 1. The molecule has 1 rings (SSSR count). The molecule has 1 heterocycles. The van der Waals surface area contributed by atoms with Gasteiger partial charge in [0.2, 0.25) is 0 Å². The molecule has 0 bridgehead atoms. The third-order valence-corrected chi connectivity index (χ3v) is 3.32. The second-order valence-electron chi connectivity index (χ2n) is 4.72. The van der Waals surface area contributed by atoms with Crippen LogP contribution >= 0.6 is 0 Å². The Morgan fingerprint density at radius 2 is 2.17 bits per heavy atom. The molecule has 5 nitrogen and oxygen atoms in total. The third kappa shape index (κ3) is 3.57. The Labute approximate surface area is 108 Å². The normalized spacial score (nSPS) is 14.7. The van der Waals surface area contributed by atoms with Crippen molar-refractivity contribution in [2.75, 3.05) is 7.05 Å². The summed E-state index contributed by atoms with van der Waals surface area (Å²) in [6.07, 6.45) is 3.58. The molecule has 5 heteroatoms. The van der Waals surface area contributed by atoms with Crippen LogP contribution in [0.25, 0.3) is 0 Å². The van der Waals surface area contributed by atoms with Crippen LogP contribution in [0.5, 0.6) is 0 Å². The lowest BCUT2D eigenvalue weighted by molar-refractivity contribution is -0.143. The molecule has 2 unspecified atom stereocenters. The topological polar surface area (TPSA) is 58.4 Å². The maximum Gasteiger partial charge on any atom is 0.320 e. The summed E-state index contributed by atoms with van der Waals surface area (Å²) >= 11 is 0. The molecule has 102 valence electrons. The van der Waals surface area contributed by atoms with E-state index in [-0.39, 0.29) is 0 Å². The minimum atomic E-state index is -0.777. The number of aromatic nitrogens is 2. The molecule has 0 aliphatic heterocycles. The van der Waals surface area contributed by atoms with Crippen LogP contribution in [0.3, 0.4) is 0 Å². The molecule has 1 aromatic rings. The Kier molecular flexibility index (Phi) is 5.34.